The summed E-state index contributed by atoms with van der Waals surface area (Å²) in [6.07, 6.45) is 0. The number of halogens is 2. The van der Waals surface area contributed by atoms with Crippen LogP contribution >= 0.6 is 34.2 Å². The second kappa shape index (κ2) is 4.13. The highest BCUT2D eigenvalue weighted by Gasteiger charge is 1.98. The zero-order chi connectivity index (χ0) is 8.27. The maximum atomic E-state index is 5.67. The Morgan fingerprint density at radius 2 is 2.27 bits per heavy atom. The molecular formula is C7H8ClIN2. The lowest BCUT2D eigenvalue weighted by molar-refractivity contribution is 1.28. The number of hydrogen-bond donors (Lipinski definition) is 2. The molecule has 0 radical (unpaired) electrons. The van der Waals surface area contributed by atoms with Crippen LogP contribution in [0.2, 0.25) is 0 Å². The van der Waals surface area contributed by atoms with Crippen molar-refractivity contribution in [3.8, 4) is 0 Å². The third-order valence-electron chi connectivity index (χ3n) is 1.37. The summed E-state index contributed by atoms with van der Waals surface area (Å²) < 4.78 is 1.14. The maximum Gasteiger partial charge on any atom is 0.0539 e. The van der Waals surface area contributed by atoms with Gasteiger partial charge in [0.05, 0.1) is 5.69 Å². The van der Waals surface area contributed by atoms with Gasteiger partial charge in [-0.25, -0.2) is 0 Å². The quantitative estimate of drug-likeness (QED) is 0.378. The summed E-state index contributed by atoms with van der Waals surface area (Å²) in [6, 6.07) is 5.92. The van der Waals surface area contributed by atoms with Gasteiger partial charge in [-0.3, -0.25) is 5.84 Å². The molecule has 0 heterocycles. The molecule has 1 rings (SSSR count). The standard InChI is InChI=1S/C7H8ClIN2/c8-4-5-1-2-6(9)3-7(5)11-10/h1-3,11H,4,10H2. The van der Waals surface area contributed by atoms with Crippen LogP contribution in [0.5, 0.6) is 0 Å². The largest absolute Gasteiger partial charge is 0.324 e. The molecule has 1 aromatic carbocycles. The molecule has 60 valence electrons. The lowest BCUT2D eigenvalue weighted by Crippen LogP contribution is -2.08. The Kier molecular flexibility index (Phi) is 3.42. The molecule has 3 N–H and O–H groups in total. The highest BCUT2D eigenvalue weighted by molar-refractivity contribution is 14.1. The fourth-order valence-corrected chi connectivity index (χ4v) is 1.52. The summed E-state index contributed by atoms with van der Waals surface area (Å²) in [5.74, 6) is 5.77. The number of hydrogen-bond acceptors (Lipinski definition) is 2. The third-order valence-corrected chi connectivity index (χ3v) is 2.33. The van der Waals surface area contributed by atoms with Crippen LogP contribution in [-0.2, 0) is 5.88 Å². The summed E-state index contributed by atoms with van der Waals surface area (Å²) in [5, 5.41) is 0. The predicted octanol–water partition coefficient (Wildman–Crippen LogP) is 2.32. The Morgan fingerprint density at radius 1 is 1.55 bits per heavy atom. The lowest BCUT2D eigenvalue weighted by atomic mass is 10.2. The first-order valence-electron chi connectivity index (χ1n) is 3.09. The Morgan fingerprint density at radius 3 is 2.82 bits per heavy atom. The van der Waals surface area contributed by atoms with Crippen LogP contribution in [0.4, 0.5) is 5.69 Å². The molecule has 0 spiro atoms. The molecule has 0 atom stereocenters. The van der Waals surface area contributed by atoms with Crippen molar-refractivity contribution in [1.82, 2.24) is 0 Å². The Labute approximate surface area is 84.2 Å². The van der Waals surface area contributed by atoms with Gasteiger partial charge in [-0.15, -0.1) is 11.6 Å². The van der Waals surface area contributed by atoms with E-state index in [0.717, 1.165) is 14.8 Å². The Bertz CT molecular complexity index is 252. The molecule has 0 aliphatic carbocycles. The Balaban J connectivity index is 3.06. The van der Waals surface area contributed by atoms with Gasteiger partial charge in [0.25, 0.3) is 0 Å². The number of rotatable bonds is 2. The average Bonchev–Trinajstić information content (AvgIpc) is 2.04. The van der Waals surface area contributed by atoms with Gasteiger partial charge < -0.3 is 5.43 Å². The number of nitrogens with one attached hydrogen (secondary N) is 1. The van der Waals surface area contributed by atoms with E-state index in [9.17, 15) is 0 Å². The van der Waals surface area contributed by atoms with Gasteiger partial charge in [0.1, 0.15) is 0 Å². The van der Waals surface area contributed by atoms with Crippen molar-refractivity contribution in [3.05, 3.63) is 27.3 Å². The first-order chi connectivity index (χ1) is 5.27. The molecule has 0 aliphatic heterocycles. The van der Waals surface area contributed by atoms with E-state index >= 15 is 0 Å². The van der Waals surface area contributed by atoms with Crippen molar-refractivity contribution < 1.29 is 0 Å². The van der Waals surface area contributed by atoms with Gasteiger partial charge in [0.2, 0.25) is 0 Å². The molecule has 2 nitrogen and oxygen atoms in total. The van der Waals surface area contributed by atoms with Crippen LogP contribution in [-0.4, -0.2) is 0 Å². The van der Waals surface area contributed by atoms with Crippen LogP contribution in [0.25, 0.3) is 0 Å². The van der Waals surface area contributed by atoms with E-state index in [-0.39, 0.29) is 0 Å². The molecule has 0 fully saturated rings. The lowest BCUT2D eigenvalue weighted by Gasteiger charge is -2.05. The van der Waals surface area contributed by atoms with Crippen molar-refractivity contribution in [3.63, 3.8) is 0 Å². The summed E-state index contributed by atoms with van der Waals surface area (Å²) in [7, 11) is 0. The smallest absolute Gasteiger partial charge is 0.0539 e. The molecule has 0 aromatic heterocycles. The topological polar surface area (TPSA) is 38.0 Å². The number of alkyl halides is 1. The van der Waals surface area contributed by atoms with E-state index in [1.807, 2.05) is 18.2 Å². The fourth-order valence-electron chi connectivity index (χ4n) is 0.800. The summed E-state index contributed by atoms with van der Waals surface area (Å²) in [6.45, 7) is 0. The second-order valence-electron chi connectivity index (χ2n) is 2.08. The molecule has 0 aliphatic rings. The molecule has 0 saturated carbocycles. The predicted molar refractivity (Wildman–Crippen MR) is 56.5 cm³/mol. The van der Waals surface area contributed by atoms with Crippen molar-refractivity contribution >= 4 is 39.9 Å². The van der Waals surface area contributed by atoms with Crippen molar-refractivity contribution in [2.45, 2.75) is 5.88 Å². The van der Waals surface area contributed by atoms with Gasteiger partial charge in [0.15, 0.2) is 0 Å². The van der Waals surface area contributed by atoms with Crippen LogP contribution in [0.1, 0.15) is 5.56 Å². The van der Waals surface area contributed by atoms with Gasteiger partial charge >= 0.3 is 0 Å². The number of nitrogen functional groups attached to an aromatic ring is 1. The zero-order valence-electron chi connectivity index (χ0n) is 5.77. The van der Waals surface area contributed by atoms with Gasteiger partial charge in [-0.1, -0.05) is 6.07 Å². The van der Waals surface area contributed by atoms with Crippen LogP contribution in [0, 0.1) is 3.57 Å². The van der Waals surface area contributed by atoms with E-state index in [4.69, 9.17) is 17.4 Å². The Hall–Kier alpha value is -0.0000000000000000555. The number of nitrogens with two attached hydrogens (primary N) is 1. The maximum absolute atomic E-state index is 5.67. The first kappa shape index (κ1) is 9.09. The molecular weight excluding hydrogens is 274 g/mol. The van der Waals surface area contributed by atoms with Crippen molar-refractivity contribution in [2.75, 3.05) is 5.43 Å². The van der Waals surface area contributed by atoms with Crippen LogP contribution in [0.15, 0.2) is 18.2 Å². The molecule has 11 heavy (non-hydrogen) atoms. The molecule has 0 bridgehead atoms. The van der Waals surface area contributed by atoms with E-state index in [2.05, 4.69) is 28.0 Å². The number of anilines is 1. The SMILES string of the molecule is NNc1cc(I)ccc1CCl. The normalized spacial score (nSPS) is 9.73. The van der Waals surface area contributed by atoms with Crippen LogP contribution in [0.3, 0.4) is 0 Å². The highest BCUT2D eigenvalue weighted by Crippen LogP contribution is 2.19. The number of hydrazine groups is 1. The van der Waals surface area contributed by atoms with Gasteiger partial charge in [0, 0.05) is 9.45 Å². The van der Waals surface area contributed by atoms with E-state index in [1.165, 1.54) is 0 Å². The monoisotopic (exact) mass is 282 g/mol. The molecule has 1 aromatic rings. The van der Waals surface area contributed by atoms with Crippen LogP contribution < -0.4 is 11.3 Å². The third kappa shape index (κ3) is 2.21. The van der Waals surface area contributed by atoms with E-state index < -0.39 is 0 Å². The minimum Gasteiger partial charge on any atom is -0.324 e. The van der Waals surface area contributed by atoms with Crippen molar-refractivity contribution in [1.29, 1.82) is 0 Å². The van der Waals surface area contributed by atoms with Crippen molar-refractivity contribution in [2.24, 2.45) is 5.84 Å². The minimum absolute atomic E-state index is 0.483. The molecule has 0 saturated heterocycles. The summed E-state index contributed by atoms with van der Waals surface area (Å²) >= 11 is 7.89. The summed E-state index contributed by atoms with van der Waals surface area (Å²) in [4.78, 5) is 0. The molecule has 0 amide bonds. The van der Waals surface area contributed by atoms with E-state index in [0.29, 0.717) is 5.88 Å². The van der Waals surface area contributed by atoms with Gasteiger partial charge in [-0.05, 0) is 40.3 Å². The van der Waals surface area contributed by atoms with Gasteiger partial charge in [-0.2, -0.15) is 0 Å². The van der Waals surface area contributed by atoms with E-state index in [1.54, 1.807) is 0 Å². The minimum atomic E-state index is 0.483. The average molecular weight is 283 g/mol. The molecule has 0 unspecified atom stereocenters. The highest BCUT2D eigenvalue weighted by atomic mass is 127. The zero-order valence-corrected chi connectivity index (χ0v) is 8.69. The molecule has 4 heteroatoms. The summed E-state index contributed by atoms with van der Waals surface area (Å²) in [5.41, 5.74) is 4.52. The first-order valence-corrected chi connectivity index (χ1v) is 4.70. The number of benzene rings is 1. The second-order valence-corrected chi connectivity index (χ2v) is 3.59. The fraction of sp³-hybridized carbons (Fsp3) is 0.143.